The molecule has 4 heteroatoms. The second-order valence-electron chi connectivity index (χ2n) is 3.33. The summed E-state index contributed by atoms with van der Waals surface area (Å²) < 4.78 is 0. The van der Waals surface area contributed by atoms with Crippen molar-refractivity contribution in [3.63, 3.8) is 0 Å². The van der Waals surface area contributed by atoms with E-state index in [4.69, 9.17) is 17.3 Å². The lowest BCUT2D eigenvalue weighted by molar-refractivity contribution is 0.111. The third kappa shape index (κ3) is 2.20. The molecule has 1 aromatic carbocycles. The van der Waals surface area contributed by atoms with E-state index < -0.39 is 0 Å². The Morgan fingerprint density at radius 3 is 2.44 bits per heavy atom. The fourth-order valence-electron chi connectivity index (χ4n) is 1.44. The lowest BCUT2D eigenvalue weighted by Gasteiger charge is -2.03. The predicted octanol–water partition coefficient (Wildman–Crippen LogP) is 2.80. The van der Waals surface area contributed by atoms with E-state index in [-0.39, 0.29) is 0 Å². The van der Waals surface area contributed by atoms with Gasteiger partial charge in [-0.2, -0.15) is 0 Å². The minimum absolute atomic E-state index is 0.324. The van der Waals surface area contributed by atoms with Crippen molar-refractivity contribution >= 4 is 23.7 Å². The van der Waals surface area contributed by atoms with Crippen molar-refractivity contribution in [1.82, 2.24) is 4.98 Å². The van der Waals surface area contributed by atoms with Crippen LogP contribution in [0, 0.1) is 0 Å². The van der Waals surface area contributed by atoms with Crippen molar-refractivity contribution in [2.24, 2.45) is 0 Å². The number of hydrogen-bond donors (Lipinski definition) is 1. The molecule has 0 amide bonds. The Kier molecular flexibility index (Phi) is 2.88. The average molecular weight is 233 g/mol. The molecule has 2 rings (SSSR count). The van der Waals surface area contributed by atoms with Crippen LogP contribution in [0.15, 0.2) is 36.4 Å². The van der Waals surface area contributed by atoms with Crippen LogP contribution in [0.4, 0.5) is 5.82 Å². The van der Waals surface area contributed by atoms with Crippen molar-refractivity contribution < 1.29 is 4.79 Å². The van der Waals surface area contributed by atoms with Crippen LogP contribution in [0.25, 0.3) is 11.1 Å². The number of pyridine rings is 1. The molecule has 2 N–H and O–H groups in total. The number of nitrogens with zero attached hydrogens (tertiary/aromatic N) is 1. The van der Waals surface area contributed by atoms with Crippen LogP contribution in [0.2, 0.25) is 5.02 Å². The first kappa shape index (κ1) is 10.6. The zero-order valence-corrected chi connectivity index (χ0v) is 9.11. The van der Waals surface area contributed by atoms with Gasteiger partial charge >= 0.3 is 0 Å². The monoisotopic (exact) mass is 232 g/mol. The molecule has 0 unspecified atom stereocenters. The predicted molar refractivity (Wildman–Crippen MR) is 64.5 cm³/mol. The first-order valence-corrected chi connectivity index (χ1v) is 5.05. The highest BCUT2D eigenvalue weighted by Crippen LogP contribution is 2.23. The molecule has 16 heavy (non-hydrogen) atoms. The van der Waals surface area contributed by atoms with Crippen molar-refractivity contribution in [3.05, 3.63) is 47.1 Å². The molecule has 0 fully saturated rings. The molecule has 1 aromatic heterocycles. The minimum atomic E-state index is 0.324. The Hall–Kier alpha value is -1.87. The standard InChI is InChI=1S/C12H9ClN2O/c13-10-3-1-8(2-4-10)9-5-11(7-16)15-12(14)6-9/h1-7H,(H2,14,15). The van der Waals surface area contributed by atoms with Crippen LogP contribution in [0.5, 0.6) is 0 Å². The van der Waals surface area contributed by atoms with Gasteiger partial charge in [0.2, 0.25) is 0 Å². The van der Waals surface area contributed by atoms with Crippen molar-refractivity contribution in [2.45, 2.75) is 0 Å². The van der Waals surface area contributed by atoms with Crippen molar-refractivity contribution in [2.75, 3.05) is 5.73 Å². The first-order chi connectivity index (χ1) is 7.69. The first-order valence-electron chi connectivity index (χ1n) is 4.68. The van der Waals surface area contributed by atoms with E-state index in [0.29, 0.717) is 22.8 Å². The fourth-order valence-corrected chi connectivity index (χ4v) is 1.57. The number of benzene rings is 1. The molecule has 0 atom stereocenters. The molecule has 1 heterocycles. The number of anilines is 1. The van der Waals surface area contributed by atoms with E-state index in [2.05, 4.69) is 4.98 Å². The Labute approximate surface area is 97.9 Å². The van der Waals surface area contributed by atoms with E-state index in [1.807, 2.05) is 12.1 Å². The lowest BCUT2D eigenvalue weighted by atomic mass is 10.1. The summed E-state index contributed by atoms with van der Waals surface area (Å²) in [5.74, 6) is 0.328. The highest BCUT2D eigenvalue weighted by Gasteiger charge is 2.02. The number of aldehydes is 1. The third-order valence-electron chi connectivity index (χ3n) is 2.16. The van der Waals surface area contributed by atoms with Gasteiger partial charge in [-0.15, -0.1) is 0 Å². The molecular weight excluding hydrogens is 224 g/mol. The molecule has 0 saturated heterocycles. The number of aromatic nitrogens is 1. The normalized spacial score (nSPS) is 10.1. The van der Waals surface area contributed by atoms with E-state index in [1.54, 1.807) is 24.3 Å². The van der Waals surface area contributed by atoms with Gasteiger partial charge in [-0.25, -0.2) is 4.98 Å². The van der Waals surface area contributed by atoms with Crippen LogP contribution in [-0.2, 0) is 0 Å². The smallest absolute Gasteiger partial charge is 0.168 e. The van der Waals surface area contributed by atoms with Crippen molar-refractivity contribution in [1.29, 1.82) is 0 Å². The molecule has 2 aromatic rings. The molecule has 0 aliphatic rings. The van der Waals surface area contributed by atoms with Gasteiger partial charge in [-0.05, 0) is 35.4 Å². The summed E-state index contributed by atoms with van der Waals surface area (Å²) in [6, 6.07) is 10.7. The highest BCUT2D eigenvalue weighted by molar-refractivity contribution is 6.30. The SMILES string of the molecule is Nc1cc(-c2ccc(Cl)cc2)cc(C=O)n1. The molecule has 0 spiro atoms. The lowest BCUT2D eigenvalue weighted by Crippen LogP contribution is -1.95. The summed E-state index contributed by atoms with van der Waals surface area (Å²) in [6.07, 6.45) is 0.676. The summed E-state index contributed by atoms with van der Waals surface area (Å²) in [6.45, 7) is 0. The Morgan fingerprint density at radius 1 is 1.12 bits per heavy atom. The quantitative estimate of drug-likeness (QED) is 0.810. The summed E-state index contributed by atoms with van der Waals surface area (Å²) in [5.41, 5.74) is 7.73. The average Bonchev–Trinajstić information content (AvgIpc) is 2.29. The maximum atomic E-state index is 10.7. The maximum absolute atomic E-state index is 10.7. The molecule has 0 aliphatic carbocycles. The van der Waals surface area contributed by atoms with Gasteiger partial charge in [0, 0.05) is 5.02 Å². The van der Waals surface area contributed by atoms with Gasteiger partial charge in [-0.3, -0.25) is 4.79 Å². The molecular formula is C12H9ClN2O. The number of carbonyl (C=O) groups is 1. The Balaban J connectivity index is 2.51. The molecule has 3 nitrogen and oxygen atoms in total. The molecule has 0 saturated carbocycles. The second kappa shape index (κ2) is 4.33. The summed E-state index contributed by atoms with van der Waals surface area (Å²) in [5, 5.41) is 0.668. The Bertz CT molecular complexity index is 523. The third-order valence-corrected chi connectivity index (χ3v) is 2.42. The number of nitrogens with two attached hydrogens (primary N) is 1. The maximum Gasteiger partial charge on any atom is 0.168 e. The van der Waals surface area contributed by atoms with E-state index >= 15 is 0 Å². The summed E-state index contributed by atoms with van der Waals surface area (Å²) >= 11 is 5.80. The molecule has 0 aliphatic heterocycles. The van der Waals surface area contributed by atoms with Gasteiger partial charge in [0.15, 0.2) is 6.29 Å². The van der Waals surface area contributed by atoms with E-state index in [9.17, 15) is 4.79 Å². The van der Waals surface area contributed by atoms with E-state index in [0.717, 1.165) is 11.1 Å². The molecule has 0 radical (unpaired) electrons. The van der Waals surface area contributed by atoms with Gasteiger partial charge in [0.1, 0.15) is 11.5 Å². The van der Waals surface area contributed by atoms with Gasteiger partial charge in [-0.1, -0.05) is 23.7 Å². The number of hydrogen-bond acceptors (Lipinski definition) is 3. The van der Waals surface area contributed by atoms with Crippen molar-refractivity contribution in [3.8, 4) is 11.1 Å². The van der Waals surface area contributed by atoms with Gasteiger partial charge in [0.05, 0.1) is 0 Å². The van der Waals surface area contributed by atoms with Crippen LogP contribution >= 0.6 is 11.6 Å². The van der Waals surface area contributed by atoms with Gasteiger partial charge < -0.3 is 5.73 Å². The molecule has 80 valence electrons. The van der Waals surface area contributed by atoms with Crippen LogP contribution < -0.4 is 5.73 Å². The highest BCUT2D eigenvalue weighted by atomic mass is 35.5. The zero-order valence-electron chi connectivity index (χ0n) is 8.35. The Morgan fingerprint density at radius 2 is 1.81 bits per heavy atom. The summed E-state index contributed by atoms with van der Waals surface area (Å²) in [4.78, 5) is 14.5. The largest absolute Gasteiger partial charge is 0.384 e. The number of carbonyl (C=O) groups excluding carboxylic acids is 1. The van der Waals surface area contributed by atoms with E-state index in [1.165, 1.54) is 0 Å². The summed E-state index contributed by atoms with van der Waals surface area (Å²) in [7, 11) is 0. The number of nitrogen functional groups attached to an aromatic ring is 1. The van der Waals surface area contributed by atoms with Gasteiger partial charge in [0.25, 0.3) is 0 Å². The van der Waals surface area contributed by atoms with Crippen LogP contribution in [-0.4, -0.2) is 11.3 Å². The minimum Gasteiger partial charge on any atom is -0.384 e. The second-order valence-corrected chi connectivity index (χ2v) is 3.77. The topological polar surface area (TPSA) is 56.0 Å². The number of rotatable bonds is 2. The van der Waals surface area contributed by atoms with Crippen LogP contribution in [0.1, 0.15) is 10.5 Å². The fraction of sp³-hybridized carbons (Fsp3) is 0. The number of halogens is 1. The van der Waals surface area contributed by atoms with Crippen LogP contribution in [0.3, 0.4) is 0 Å². The zero-order chi connectivity index (χ0) is 11.5. The molecule has 0 bridgehead atoms.